The number of carbonyl (C=O) groups excluding carboxylic acids is 1. The zero-order valence-electron chi connectivity index (χ0n) is 12.0. The molecule has 1 aromatic rings. The minimum absolute atomic E-state index is 0.0120. The Bertz CT molecular complexity index is 564. The lowest BCUT2D eigenvalue weighted by Crippen LogP contribution is -2.31. The Morgan fingerprint density at radius 3 is 2.71 bits per heavy atom. The highest BCUT2D eigenvalue weighted by molar-refractivity contribution is 9.10. The van der Waals surface area contributed by atoms with Gasteiger partial charge in [0.15, 0.2) is 0 Å². The quantitative estimate of drug-likeness (QED) is 0.826. The van der Waals surface area contributed by atoms with Crippen LogP contribution in [0.2, 0.25) is 0 Å². The molecule has 21 heavy (non-hydrogen) atoms. The molecule has 0 aliphatic carbocycles. The van der Waals surface area contributed by atoms with Crippen molar-refractivity contribution in [2.24, 2.45) is 11.8 Å². The summed E-state index contributed by atoms with van der Waals surface area (Å²) in [5.74, 6) is -0.868. The Balaban J connectivity index is 1.92. The molecular weight excluding hydrogens is 354 g/mol. The van der Waals surface area contributed by atoms with Crippen LogP contribution in [0.25, 0.3) is 0 Å². The molecular formula is C15H18BrNO3S. The first kappa shape index (κ1) is 16.4. The number of rotatable bonds is 4. The fourth-order valence-electron chi connectivity index (χ4n) is 2.50. The first-order valence-electron chi connectivity index (χ1n) is 6.78. The zero-order valence-corrected chi connectivity index (χ0v) is 14.4. The standard InChI is InChI=1S/C15H18BrNO3S/c1-9-5-11(16)3-4-13(9)21-8-14(18)17-6-10(2)12(7-17)15(19)20/h3-5,10,12H,6-8H2,1-2H3,(H,19,20)/t10-,12-/m1/s1. The van der Waals surface area contributed by atoms with Crippen LogP contribution in [-0.4, -0.2) is 40.7 Å². The van der Waals surface area contributed by atoms with Gasteiger partial charge in [0, 0.05) is 22.5 Å². The SMILES string of the molecule is Cc1cc(Br)ccc1SCC(=O)N1C[C@@H](C)[C@H](C(=O)O)C1. The summed E-state index contributed by atoms with van der Waals surface area (Å²) in [6.07, 6.45) is 0. The highest BCUT2D eigenvalue weighted by Crippen LogP contribution is 2.27. The number of thioether (sulfide) groups is 1. The number of halogens is 1. The van der Waals surface area contributed by atoms with Crippen LogP contribution in [0.1, 0.15) is 12.5 Å². The molecule has 2 atom stereocenters. The molecule has 1 aliphatic rings. The van der Waals surface area contributed by atoms with Crippen molar-refractivity contribution in [2.75, 3.05) is 18.8 Å². The number of carboxylic acids is 1. The predicted molar refractivity (Wildman–Crippen MR) is 86.5 cm³/mol. The van der Waals surface area contributed by atoms with Crippen LogP contribution in [0.5, 0.6) is 0 Å². The number of carboxylic acid groups (broad SMARTS) is 1. The minimum Gasteiger partial charge on any atom is -0.481 e. The number of nitrogens with zero attached hydrogens (tertiary/aromatic N) is 1. The molecule has 1 amide bonds. The van der Waals surface area contributed by atoms with Crippen LogP contribution in [0.4, 0.5) is 0 Å². The number of likely N-dealkylation sites (tertiary alicyclic amines) is 1. The molecule has 0 bridgehead atoms. The Labute approximate surface area is 137 Å². The third-order valence-electron chi connectivity index (χ3n) is 3.77. The molecule has 0 aromatic heterocycles. The molecule has 114 valence electrons. The summed E-state index contributed by atoms with van der Waals surface area (Å²) in [6.45, 7) is 4.76. The lowest BCUT2D eigenvalue weighted by atomic mass is 9.99. The second-order valence-corrected chi connectivity index (χ2v) is 7.35. The molecule has 1 fully saturated rings. The fourth-order valence-corrected chi connectivity index (χ4v) is 3.89. The molecule has 1 aromatic carbocycles. The normalized spacial score (nSPS) is 21.6. The van der Waals surface area contributed by atoms with Gasteiger partial charge in [0.25, 0.3) is 0 Å². The third-order valence-corrected chi connectivity index (χ3v) is 5.42. The zero-order chi connectivity index (χ0) is 15.6. The predicted octanol–water partition coefficient (Wildman–Crippen LogP) is 3.03. The summed E-state index contributed by atoms with van der Waals surface area (Å²) in [4.78, 5) is 26.1. The van der Waals surface area contributed by atoms with E-state index in [-0.39, 0.29) is 11.8 Å². The highest BCUT2D eigenvalue weighted by Gasteiger charge is 2.36. The van der Waals surface area contributed by atoms with E-state index in [1.165, 1.54) is 11.8 Å². The molecule has 1 N–H and O–H groups in total. The third kappa shape index (κ3) is 4.01. The molecule has 6 heteroatoms. The van der Waals surface area contributed by atoms with E-state index in [0.29, 0.717) is 18.8 Å². The monoisotopic (exact) mass is 371 g/mol. The number of hydrogen-bond donors (Lipinski definition) is 1. The van der Waals surface area contributed by atoms with E-state index in [4.69, 9.17) is 5.11 Å². The highest BCUT2D eigenvalue weighted by atomic mass is 79.9. The summed E-state index contributed by atoms with van der Waals surface area (Å²) < 4.78 is 1.02. The maximum absolute atomic E-state index is 12.2. The van der Waals surface area contributed by atoms with Gasteiger partial charge in [-0.3, -0.25) is 9.59 Å². The van der Waals surface area contributed by atoms with E-state index in [1.54, 1.807) is 4.90 Å². The maximum Gasteiger partial charge on any atom is 0.308 e. The number of aryl methyl sites for hydroxylation is 1. The van der Waals surface area contributed by atoms with E-state index in [9.17, 15) is 9.59 Å². The topological polar surface area (TPSA) is 57.6 Å². The van der Waals surface area contributed by atoms with Gasteiger partial charge in [-0.1, -0.05) is 22.9 Å². The van der Waals surface area contributed by atoms with Gasteiger partial charge in [-0.05, 0) is 36.6 Å². The van der Waals surface area contributed by atoms with Crippen molar-refractivity contribution in [3.8, 4) is 0 Å². The lowest BCUT2D eigenvalue weighted by Gasteiger charge is -2.16. The van der Waals surface area contributed by atoms with E-state index >= 15 is 0 Å². The van der Waals surface area contributed by atoms with E-state index in [1.807, 2.05) is 32.0 Å². The Morgan fingerprint density at radius 1 is 1.43 bits per heavy atom. The van der Waals surface area contributed by atoms with Gasteiger partial charge in [0.2, 0.25) is 5.91 Å². The summed E-state index contributed by atoms with van der Waals surface area (Å²) in [7, 11) is 0. The summed E-state index contributed by atoms with van der Waals surface area (Å²) in [6, 6.07) is 5.97. The van der Waals surface area contributed by atoms with Crippen molar-refractivity contribution in [3.63, 3.8) is 0 Å². The Kier molecular flexibility index (Phi) is 5.32. The van der Waals surface area contributed by atoms with E-state index in [2.05, 4.69) is 15.9 Å². The van der Waals surface area contributed by atoms with E-state index in [0.717, 1.165) is 14.9 Å². The maximum atomic E-state index is 12.2. The molecule has 1 aliphatic heterocycles. The number of carbonyl (C=O) groups is 2. The second-order valence-electron chi connectivity index (χ2n) is 5.42. The van der Waals surface area contributed by atoms with Crippen molar-refractivity contribution in [2.45, 2.75) is 18.7 Å². The molecule has 0 saturated carbocycles. The first-order chi connectivity index (χ1) is 9.88. The van der Waals surface area contributed by atoms with Crippen LogP contribution in [0, 0.1) is 18.8 Å². The van der Waals surface area contributed by atoms with Gasteiger partial charge in [-0.15, -0.1) is 11.8 Å². The average Bonchev–Trinajstić information content (AvgIpc) is 2.80. The summed E-state index contributed by atoms with van der Waals surface area (Å²) in [5.41, 5.74) is 1.13. The molecule has 1 heterocycles. The van der Waals surface area contributed by atoms with Crippen LogP contribution >= 0.6 is 27.7 Å². The van der Waals surface area contributed by atoms with Crippen LogP contribution < -0.4 is 0 Å². The number of amides is 1. The van der Waals surface area contributed by atoms with Crippen molar-refractivity contribution >= 4 is 39.6 Å². The van der Waals surface area contributed by atoms with Crippen LogP contribution in [-0.2, 0) is 9.59 Å². The summed E-state index contributed by atoms with van der Waals surface area (Å²) >= 11 is 4.92. The molecule has 4 nitrogen and oxygen atoms in total. The summed E-state index contributed by atoms with van der Waals surface area (Å²) in [5, 5.41) is 9.11. The second kappa shape index (κ2) is 6.83. The average molecular weight is 372 g/mol. The van der Waals surface area contributed by atoms with Crippen LogP contribution in [0.3, 0.4) is 0 Å². The van der Waals surface area contributed by atoms with Gasteiger partial charge < -0.3 is 10.0 Å². The van der Waals surface area contributed by atoms with Crippen LogP contribution in [0.15, 0.2) is 27.6 Å². The van der Waals surface area contributed by atoms with Gasteiger partial charge in [0.05, 0.1) is 11.7 Å². The number of hydrogen-bond acceptors (Lipinski definition) is 3. The smallest absolute Gasteiger partial charge is 0.308 e. The molecule has 0 unspecified atom stereocenters. The van der Waals surface area contributed by atoms with Gasteiger partial charge in [-0.25, -0.2) is 0 Å². The largest absolute Gasteiger partial charge is 0.481 e. The van der Waals surface area contributed by atoms with Crippen molar-refractivity contribution < 1.29 is 14.7 Å². The molecule has 0 radical (unpaired) electrons. The number of aliphatic carboxylic acids is 1. The van der Waals surface area contributed by atoms with Crippen molar-refractivity contribution in [3.05, 3.63) is 28.2 Å². The minimum atomic E-state index is -0.811. The van der Waals surface area contributed by atoms with Gasteiger partial charge in [0.1, 0.15) is 0 Å². The van der Waals surface area contributed by atoms with Crippen molar-refractivity contribution in [1.82, 2.24) is 4.90 Å². The van der Waals surface area contributed by atoms with Gasteiger partial charge >= 0.3 is 5.97 Å². The molecule has 2 rings (SSSR count). The lowest BCUT2D eigenvalue weighted by molar-refractivity contribution is -0.142. The van der Waals surface area contributed by atoms with Gasteiger partial charge in [-0.2, -0.15) is 0 Å². The molecule has 1 saturated heterocycles. The number of benzene rings is 1. The molecule has 0 spiro atoms. The fraction of sp³-hybridized carbons (Fsp3) is 0.467. The van der Waals surface area contributed by atoms with E-state index < -0.39 is 11.9 Å². The van der Waals surface area contributed by atoms with Crippen molar-refractivity contribution in [1.29, 1.82) is 0 Å². The Morgan fingerprint density at radius 2 is 2.14 bits per heavy atom. The first-order valence-corrected chi connectivity index (χ1v) is 8.56. The Hall–Kier alpha value is -1.01.